The summed E-state index contributed by atoms with van der Waals surface area (Å²) in [7, 11) is 0. The number of benzene rings is 1. The molecule has 1 saturated carbocycles. The van der Waals surface area contributed by atoms with Crippen LogP contribution in [0.3, 0.4) is 0 Å². The average molecular weight is 234 g/mol. The molecule has 1 aromatic carbocycles. The molecule has 0 aromatic heterocycles. The van der Waals surface area contributed by atoms with Gasteiger partial charge in [0.15, 0.2) is 0 Å². The summed E-state index contributed by atoms with van der Waals surface area (Å²) in [6, 6.07) is 5.13. The van der Waals surface area contributed by atoms with Gasteiger partial charge in [-0.1, -0.05) is 18.6 Å². The first kappa shape index (κ1) is 12.0. The summed E-state index contributed by atoms with van der Waals surface area (Å²) in [4.78, 5) is 11.9. The Morgan fingerprint density at radius 2 is 2.00 bits per heavy atom. The van der Waals surface area contributed by atoms with E-state index in [0.717, 1.165) is 25.7 Å². The maximum Gasteiger partial charge on any atom is 0.342 e. The highest BCUT2D eigenvalue weighted by molar-refractivity contribution is 5.92. The lowest BCUT2D eigenvalue weighted by Crippen LogP contribution is -2.21. The number of aryl methyl sites for hydroxylation is 1. The molecule has 0 radical (unpaired) electrons. The lowest BCUT2D eigenvalue weighted by Gasteiger charge is -2.22. The molecule has 0 spiro atoms. The molecule has 0 aliphatic heterocycles. The van der Waals surface area contributed by atoms with Crippen molar-refractivity contribution in [3.8, 4) is 5.75 Å². The number of carbonyl (C=O) groups excluding carboxylic acids is 1. The van der Waals surface area contributed by atoms with Crippen LogP contribution in [0.1, 0.15) is 48.0 Å². The van der Waals surface area contributed by atoms with Gasteiger partial charge in [-0.2, -0.15) is 0 Å². The lowest BCUT2D eigenvalue weighted by atomic mass is 9.98. The minimum Gasteiger partial charge on any atom is -0.507 e. The zero-order valence-electron chi connectivity index (χ0n) is 10.1. The second-order valence-corrected chi connectivity index (χ2v) is 4.64. The van der Waals surface area contributed by atoms with E-state index < -0.39 is 5.97 Å². The second kappa shape index (κ2) is 5.21. The Hall–Kier alpha value is -1.51. The van der Waals surface area contributed by atoms with E-state index in [1.807, 2.05) is 0 Å². The third-order valence-corrected chi connectivity index (χ3v) is 3.28. The Morgan fingerprint density at radius 3 is 2.71 bits per heavy atom. The highest BCUT2D eigenvalue weighted by Gasteiger charge is 2.20. The monoisotopic (exact) mass is 234 g/mol. The Kier molecular flexibility index (Phi) is 3.67. The fraction of sp³-hybridized carbons (Fsp3) is 0.500. The van der Waals surface area contributed by atoms with Crippen LogP contribution in [-0.4, -0.2) is 17.2 Å². The molecule has 1 aliphatic rings. The van der Waals surface area contributed by atoms with Crippen LogP contribution in [0.25, 0.3) is 0 Å². The molecule has 0 bridgehead atoms. The first-order valence-electron chi connectivity index (χ1n) is 6.18. The minimum absolute atomic E-state index is 0.0242. The lowest BCUT2D eigenvalue weighted by molar-refractivity contribution is 0.0208. The highest BCUT2D eigenvalue weighted by atomic mass is 16.5. The topological polar surface area (TPSA) is 46.5 Å². The van der Waals surface area contributed by atoms with Crippen molar-refractivity contribution in [2.45, 2.75) is 45.1 Å². The van der Waals surface area contributed by atoms with Crippen molar-refractivity contribution in [3.05, 3.63) is 29.3 Å². The molecule has 0 saturated heterocycles. The van der Waals surface area contributed by atoms with Crippen molar-refractivity contribution in [1.82, 2.24) is 0 Å². The van der Waals surface area contributed by atoms with E-state index >= 15 is 0 Å². The van der Waals surface area contributed by atoms with Crippen LogP contribution in [0.5, 0.6) is 5.75 Å². The second-order valence-electron chi connectivity index (χ2n) is 4.64. The summed E-state index contributed by atoms with van der Waals surface area (Å²) in [5.74, 6) is -0.369. The Morgan fingerprint density at radius 1 is 1.29 bits per heavy atom. The van der Waals surface area contributed by atoms with E-state index in [-0.39, 0.29) is 17.4 Å². The molecular weight excluding hydrogens is 216 g/mol. The van der Waals surface area contributed by atoms with E-state index in [2.05, 4.69) is 0 Å². The third kappa shape index (κ3) is 2.78. The predicted molar refractivity (Wildman–Crippen MR) is 65.1 cm³/mol. The summed E-state index contributed by atoms with van der Waals surface area (Å²) in [6.45, 7) is 1.77. The van der Waals surface area contributed by atoms with Crippen molar-refractivity contribution in [3.63, 3.8) is 0 Å². The quantitative estimate of drug-likeness (QED) is 0.799. The predicted octanol–water partition coefficient (Wildman–Crippen LogP) is 3.19. The van der Waals surface area contributed by atoms with Crippen molar-refractivity contribution < 1.29 is 14.6 Å². The number of carbonyl (C=O) groups is 1. The SMILES string of the molecule is Cc1cccc(C(=O)OC2CCCCC2)c1O. The summed E-state index contributed by atoms with van der Waals surface area (Å²) < 4.78 is 5.41. The van der Waals surface area contributed by atoms with Crippen LogP contribution >= 0.6 is 0 Å². The van der Waals surface area contributed by atoms with Crippen LogP contribution in [-0.2, 0) is 4.74 Å². The molecular formula is C14H18O3. The third-order valence-electron chi connectivity index (χ3n) is 3.28. The van der Waals surface area contributed by atoms with E-state index in [1.165, 1.54) is 6.42 Å². The molecule has 1 aliphatic carbocycles. The zero-order chi connectivity index (χ0) is 12.3. The number of phenols is 1. The van der Waals surface area contributed by atoms with Gasteiger partial charge in [-0.3, -0.25) is 0 Å². The Labute approximate surface area is 101 Å². The van der Waals surface area contributed by atoms with Gasteiger partial charge in [-0.05, 0) is 44.2 Å². The van der Waals surface area contributed by atoms with Gasteiger partial charge < -0.3 is 9.84 Å². The molecule has 2 rings (SSSR count). The first-order valence-corrected chi connectivity index (χ1v) is 6.18. The normalized spacial score (nSPS) is 16.8. The minimum atomic E-state index is -0.405. The maximum absolute atomic E-state index is 11.9. The molecule has 0 heterocycles. The average Bonchev–Trinajstić information content (AvgIpc) is 2.34. The van der Waals surface area contributed by atoms with Gasteiger partial charge in [-0.15, -0.1) is 0 Å². The summed E-state index contributed by atoms with van der Waals surface area (Å²) in [6.07, 6.45) is 5.38. The van der Waals surface area contributed by atoms with Gasteiger partial charge in [-0.25, -0.2) is 4.79 Å². The molecule has 1 fully saturated rings. The number of hydrogen-bond donors (Lipinski definition) is 1. The Balaban J connectivity index is 2.06. The van der Waals surface area contributed by atoms with Gasteiger partial charge in [0.25, 0.3) is 0 Å². The number of aromatic hydroxyl groups is 1. The number of phenolic OH excluding ortho intramolecular Hbond substituents is 1. The van der Waals surface area contributed by atoms with Gasteiger partial charge in [0, 0.05) is 0 Å². The van der Waals surface area contributed by atoms with Crippen LogP contribution in [0.15, 0.2) is 18.2 Å². The molecule has 17 heavy (non-hydrogen) atoms. The van der Waals surface area contributed by atoms with Gasteiger partial charge >= 0.3 is 5.97 Å². The summed E-state index contributed by atoms with van der Waals surface area (Å²) in [5.41, 5.74) is 0.971. The van der Waals surface area contributed by atoms with Crippen LogP contribution in [0, 0.1) is 6.92 Å². The largest absolute Gasteiger partial charge is 0.507 e. The van der Waals surface area contributed by atoms with E-state index in [4.69, 9.17) is 4.74 Å². The van der Waals surface area contributed by atoms with Crippen molar-refractivity contribution >= 4 is 5.97 Å². The number of esters is 1. The van der Waals surface area contributed by atoms with Crippen molar-refractivity contribution in [2.75, 3.05) is 0 Å². The number of hydrogen-bond acceptors (Lipinski definition) is 3. The molecule has 1 N–H and O–H groups in total. The molecule has 0 amide bonds. The van der Waals surface area contributed by atoms with Crippen LogP contribution in [0.4, 0.5) is 0 Å². The van der Waals surface area contributed by atoms with E-state index in [1.54, 1.807) is 25.1 Å². The molecule has 0 unspecified atom stereocenters. The summed E-state index contributed by atoms with van der Waals surface area (Å²) in [5, 5.41) is 9.80. The molecule has 1 aromatic rings. The first-order chi connectivity index (χ1) is 8.18. The Bertz CT molecular complexity index is 406. The highest BCUT2D eigenvalue weighted by Crippen LogP contribution is 2.25. The van der Waals surface area contributed by atoms with Crippen LogP contribution < -0.4 is 0 Å². The molecule has 3 heteroatoms. The standard InChI is InChI=1S/C14H18O3/c1-10-6-5-9-12(13(10)15)14(16)17-11-7-3-2-4-8-11/h5-6,9,11,15H,2-4,7-8H2,1H3. The fourth-order valence-corrected chi connectivity index (χ4v) is 2.22. The van der Waals surface area contributed by atoms with Crippen LogP contribution in [0.2, 0.25) is 0 Å². The molecule has 92 valence electrons. The van der Waals surface area contributed by atoms with Gasteiger partial charge in [0.2, 0.25) is 0 Å². The maximum atomic E-state index is 11.9. The molecule has 0 atom stereocenters. The number of ether oxygens (including phenoxy) is 1. The van der Waals surface area contributed by atoms with Gasteiger partial charge in [0.1, 0.15) is 17.4 Å². The van der Waals surface area contributed by atoms with Crippen molar-refractivity contribution in [1.29, 1.82) is 0 Å². The van der Waals surface area contributed by atoms with Crippen molar-refractivity contribution in [2.24, 2.45) is 0 Å². The molecule has 3 nitrogen and oxygen atoms in total. The zero-order valence-corrected chi connectivity index (χ0v) is 10.1. The number of para-hydroxylation sites is 1. The fourth-order valence-electron chi connectivity index (χ4n) is 2.22. The van der Waals surface area contributed by atoms with Gasteiger partial charge in [0.05, 0.1) is 0 Å². The smallest absolute Gasteiger partial charge is 0.342 e. The number of rotatable bonds is 2. The van der Waals surface area contributed by atoms with E-state index in [0.29, 0.717) is 5.56 Å². The summed E-state index contributed by atoms with van der Waals surface area (Å²) >= 11 is 0. The van der Waals surface area contributed by atoms with E-state index in [9.17, 15) is 9.90 Å².